The molecule has 1 amide bonds. The van der Waals surface area contributed by atoms with Crippen LogP contribution in [0, 0.1) is 5.95 Å². The van der Waals surface area contributed by atoms with Crippen LogP contribution in [-0.4, -0.2) is 24.1 Å². The molecule has 0 spiro atoms. The van der Waals surface area contributed by atoms with Crippen LogP contribution < -0.4 is 4.72 Å². The molecule has 0 bridgehead atoms. The van der Waals surface area contributed by atoms with Crippen molar-refractivity contribution in [2.45, 2.75) is 24.7 Å². The fraction of sp³-hybridized carbons (Fsp3) is 0.158. The van der Waals surface area contributed by atoms with Crippen LogP contribution in [0.1, 0.15) is 19.8 Å². The number of halogens is 2. The maximum atomic E-state index is 13.8. The molecule has 0 atom stereocenters. The summed E-state index contributed by atoms with van der Waals surface area (Å²) < 4.78 is 41.7. The molecular formula is C19H17ClFN3O3S. The Balaban J connectivity index is 1.92. The van der Waals surface area contributed by atoms with E-state index in [-0.39, 0.29) is 11.3 Å². The van der Waals surface area contributed by atoms with E-state index in [1.165, 1.54) is 35.0 Å². The number of hydrogen-bond donors (Lipinski definition) is 1. The summed E-state index contributed by atoms with van der Waals surface area (Å²) in [6.45, 7) is 1.78. The molecule has 1 N–H and O–H groups in total. The van der Waals surface area contributed by atoms with Crippen LogP contribution in [0.5, 0.6) is 0 Å². The molecule has 2 aromatic carbocycles. The summed E-state index contributed by atoms with van der Waals surface area (Å²) in [5.41, 5.74) is 1.65. The van der Waals surface area contributed by atoms with Gasteiger partial charge in [-0.1, -0.05) is 30.7 Å². The number of nitrogens with one attached hydrogen (secondary N) is 1. The third kappa shape index (κ3) is 4.40. The first kappa shape index (κ1) is 20.0. The van der Waals surface area contributed by atoms with Crippen molar-refractivity contribution in [3.63, 3.8) is 0 Å². The molecule has 0 saturated heterocycles. The van der Waals surface area contributed by atoms with E-state index in [0.717, 1.165) is 0 Å². The quantitative estimate of drug-likeness (QED) is 0.653. The molecule has 0 aliphatic rings. The summed E-state index contributed by atoms with van der Waals surface area (Å²) in [5.74, 6) is -1.24. The second kappa shape index (κ2) is 8.12. The first-order valence-corrected chi connectivity index (χ1v) is 10.3. The Morgan fingerprint density at radius 2 is 1.79 bits per heavy atom. The molecule has 0 radical (unpaired) electrons. The van der Waals surface area contributed by atoms with Gasteiger partial charge in [-0.2, -0.15) is 4.39 Å². The molecule has 0 fully saturated rings. The SMILES string of the molecule is CCCC(=O)NS(=O)(=O)c1ccc(-n2nc(F)cc2-c2ccc(Cl)cc2)cc1. The third-order valence-corrected chi connectivity index (χ3v) is 5.58. The zero-order valence-corrected chi connectivity index (χ0v) is 16.5. The molecule has 1 aromatic heterocycles. The van der Waals surface area contributed by atoms with Crippen molar-refractivity contribution < 1.29 is 17.6 Å². The van der Waals surface area contributed by atoms with Gasteiger partial charge in [0.2, 0.25) is 11.9 Å². The fourth-order valence-electron chi connectivity index (χ4n) is 2.63. The van der Waals surface area contributed by atoms with Crippen molar-refractivity contribution >= 4 is 27.5 Å². The fourth-order valence-corrected chi connectivity index (χ4v) is 3.77. The number of rotatable bonds is 6. The van der Waals surface area contributed by atoms with E-state index in [2.05, 4.69) is 5.10 Å². The van der Waals surface area contributed by atoms with E-state index >= 15 is 0 Å². The van der Waals surface area contributed by atoms with Crippen LogP contribution >= 0.6 is 11.6 Å². The first-order valence-electron chi connectivity index (χ1n) is 8.48. The summed E-state index contributed by atoms with van der Waals surface area (Å²) in [4.78, 5) is 11.5. The monoisotopic (exact) mass is 421 g/mol. The standard InChI is InChI=1S/C19H17ClFN3O3S/c1-2-3-19(25)23-28(26,27)16-10-8-15(9-11-16)24-17(12-18(21)22-24)13-4-6-14(20)7-5-13/h4-12H,2-3H2,1H3,(H,23,25). The van der Waals surface area contributed by atoms with Gasteiger partial charge in [0.15, 0.2) is 0 Å². The number of carbonyl (C=O) groups is 1. The van der Waals surface area contributed by atoms with Crippen molar-refractivity contribution in [2.75, 3.05) is 0 Å². The minimum absolute atomic E-state index is 0.0682. The predicted octanol–water partition coefficient (Wildman–Crippen LogP) is 3.94. The number of aromatic nitrogens is 2. The maximum Gasteiger partial charge on any atom is 0.264 e. The largest absolute Gasteiger partial charge is 0.274 e. The van der Waals surface area contributed by atoms with E-state index in [1.807, 2.05) is 4.72 Å². The molecule has 9 heteroatoms. The van der Waals surface area contributed by atoms with E-state index in [9.17, 15) is 17.6 Å². The van der Waals surface area contributed by atoms with Gasteiger partial charge in [-0.05, 0) is 42.8 Å². The number of amides is 1. The van der Waals surface area contributed by atoms with Crippen molar-refractivity contribution in [3.05, 3.63) is 65.6 Å². The summed E-state index contributed by atoms with van der Waals surface area (Å²) in [5, 5.41) is 4.39. The van der Waals surface area contributed by atoms with Gasteiger partial charge in [0.05, 0.1) is 16.3 Å². The van der Waals surface area contributed by atoms with E-state index in [0.29, 0.717) is 28.4 Å². The van der Waals surface area contributed by atoms with Gasteiger partial charge in [-0.25, -0.2) is 17.8 Å². The lowest BCUT2D eigenvalue weighted by molar-refractivity contribution is -0.119. The molecule has 3 aromatic rings. The highest BCUT2D eigenvalue weighted by Crippen LogP contribution is 2.25. The molecule has 28 heavy (non-hydrogen) atoms. The van der Waals surface area contributed by atoms with Crippen LogP contribution in [0.15, 0.2) is 59.5 Å². The van der Waals surface area contributed by atoms with Crippen LogP contribution in [0.3, 0.4) is 0 Å². The van der Waals surface area contributed by atoms with Gasteiger partial charge in [0, 0.05) is 23.1 Å². The normalized spacial score (nSPS) is 11.4. The molecule has 0 unspecified atom stereocenters. The lowest BCUT2D eigenvalue weighted by Crippen LogP contribution is -2.30. The zero-order valence-electron chi connectivity index (χ0n) is 14.9. The number of nitrogens with zero attached hydrogens (tertiary/aromatic N) is 2. The van der Waals surface area contributed by atoms with Gasteiger partial charge in [-0.3, -0.25) is 4.79 Å². The Morgan fingerprint density at radius 3 is 2.39 bits per heavy atom. The number of carbonyl (C=O) groups excluding carboxylic acids is 1. The number of hydrogen-bond acceptors (Lipinski definition) is 4. The van der Waals surface area contributed by atoms with E-state index < -0.39 is 21.9 Å². The summed E-state index contributed by atoms with van der Waals surface area (Å²) in [6, 6.07) is 13.8. The Morgan fingerprint density at radius 1 is 1.14 bits per heavy atom. The minimum atomic E-state index is -3.96. The van der Waals surface area contributed by atoms with Crippen molar-refractivity contribution in [1.29, 1.82) is 0 Å². The average molecular weight is 422 g/mol. The number of benzene rings is 2. The maximum absolute atomic E-state index is 13.8. The summed E-state index contributed by atoms with van der Waals surface area (Å²) >= 11 is 5.89. The van der Waals surface area contributed by atoms with Crippen molar-refractivity contribution in [1.82, 2.24) is 14.5 Å². The molecule has 6 nitrogen and oxygen atoms in total. The summed E-state index contributed by atoms with van der Waals surface area (Å²) in [7, 11) is -3.96. The van der Waals surface area contributed by atoms with Gasteiger partial charge in [0.25, 0.3) is 10.0 Å². The van der Waals surface area contributed by atoms with Gasteiger partial charge in [0.1, 0.15) is 0 Å². The molecule has 0 saturated carbocycles. The summed E-state index contributed by atoms with van der Waals surface area (Å²) in [6.07, 6.45) is 0.660. The highest BCUT2D eigenvalue weighted by Gasteiger charge is 2.18. The first-order chi connectivity index (χ1) is 13.3. The molecule has 146 valence electrons. The van der Waals surface area contributed by atoms with E-state index in [1.54, 1.807) is 31.2 Å². The smallest absolute Gasteiger partial charge is 0.264 e. The molecule has 0 aliphatic carbocycles. The van der Waals surface area contributed by atoms with Crippen molar-refractivity contribution in [2.24, 2.45) is 0 Å². The molecule has 3 rings (SSSR count). The van der Waals surface area contributed by atoms with E-state index in [4.69, 9.17) is 11.6 Å². The zero-order chi connectivity index (χ0) is 20.3. The Hall–Kier alpha value is -2.71. The molecule has 1 heterocycles. The van der Waals surface area contributed by atoms with Crippen LogP contribution in [-0.2, 0) is 14.8 Å². The van der Waals surface area contributed by atoms with Crippen LogP contribution in [0.2, 0.25) is 5.02 Å². The highest BCUT2D eigenvalue weighted by molar-refractivity contribution is 7.90. The third-order valence-electron chi connectivity index (χ3n) is 3.94. The van der Waals surface area contributed by atoms with Crippen LogP contribution in [0.4, 0.5) is 4.39 Å². The van der Waals surface area contributed by atoms with Gasteiger partial charge >= 0.3 is 0 Å². The second-order valence-electron chi connectivity index (χ2n) is 6.04. The lowest BCUT2D eigenvalue weighted by atomic mass is 10.1. The molecule has 0 aliphatic heterocycles. The highest BCUT2D eigenvalue weighted by atomic mass is 35.5. The van der Waals surface area contributed by atoms with Crippen LogP contribution in [0.25, 0.3) is 16.9 Å². The van der Waals surface area contributed by atoms with Gasteiger partial charge in [-0.15, -0.1) is 5.10 Å². The minimum Gasteiger partial charge on any atom is -0.274 e. The average Bonchev–Trinajstić information content (AvgIpc) is 3.04. The Kier molecular flexibility index (Phi) is 5.81. The Labute approximate surface area is 167 Å². The lowest BCUT2D eigenvalue weighted by Gasteiger charge is -2.10. The molecular weight excluding hydrogens is 405 g/mol. The number of sulfonamides is 1. The topological polar surface area (TPSA) is 81.1 Å². The predicted molar refractivity (Wildman–Crippen MR) is 104 cm³/mol. The van der Waals surface area contributed by atoms with Crippen molar-refractivity contribution in [3.8, 4) is 16.9 Å². The van der Waals surface area contributed by atoms with Gasteiger partial charge < -0.3 is 0 Å². The Bertz CT molecular complexity index is 1090. The second-order valence-corrected chi connectivity index (χ2v) is 8.16.